The van der Waals surface area contributed by atoms with Gasteiger partial charge in [-0.15, -0.1) is 0 Å². The van der Waals surface area contributed by atoms with Gasteiger partial charge in [0.1, 0.15) is 11.6 Å². The Morgan fingerprint density at radius 3 is 2.62 bits per heavy atom. The van der Waals surface area contributed by atoms with Gasteiger partial charge in [0.15, 0.2) is 0 Å². The molecule has 0 aliphatic heterocycles. The van der Waals surface area contributed by atoms with Crippen molar-refractivity contribution in [3.8, 4) is 0 Å². The van der Waals surface area contributed by atoms with Crippen molar-refractivity contribution in [3.63, 3.8) is 0 Å². The van der Waals surface area contributed by atoms with Crippen LogP contribution in [0.5, 0.6) is 0 Å². The maximum atomic E-state index is 13.3. The zero-order valence-corrected chi connectivity index (χ0v) is 9.04. The monoisotopic (exact) mass is 228 g/mol. The average Bonchev–Trinajstić information content (AvgIpc) is 2.20. The minimum atomic E-state index is -0.939. The maximum Gasteiger partial charge on any atom is 0.306 e. The van der Waals surface area contributed by atoms with Crippen molar-refractivity contribution >= 4 is 5.97 Å². The van der Waals surface area contributed by atoms with Crippen LogP contribution in [0.3, 0.4) is 0 Å². The Bertz CT molecular complexity index is 377. The highest BCUT2D eigenvalue weighted by molar-refractivity contribution is 5.70. The molecule has 0 amide bonds. The lowest BCUT2D eigenvalue weighted by atomic mass is 9.95. The summed E-state index contributed by atoms with van der Waals surface area (Å²) in [7, 11) is 0. The SMILES string of the molecule is CCCC(Cc1ccc(F)cc1F)C(=O)O. The Morgan fingerprint density at radius 2 is 2.12 bits per heavy atom. The predicted octanol–water partition coefficient (Wildman–Crippen LogP) is 3.01. The van der Waals surface area contributed by atoms with Crippen molar-refractivity contribution in [2.24, 2.45) is 5.92 Å². The van der Waals surface area contributed by atoms with Crippen LogP contribution in [0.2, 0.25) is 0 Å². The molecule has 88 valence electrons. The third-order valence-electron chi connectivity index (χ3n) is 2.47. The van der Waals surface area contributed by atoms with Crippen LogP contribution >= 0.6 is 0 Å². The summed E-state index contributed by atoms with van der Waals surface area (Å²) in [6, 6.07) is 3.22. The van der Waals surface area contributed by atoms with Crippen molar-refractivity contribution in [3.05, 3.63) is 35.4 Å². The first-order chi connectivity index (χ1) is 7.54. The van der Waals surface area contributed by atoms with Gasteiger partial charge in [0.05, 0.1) is 5.92 Å². The van der Waals surface area contributed by atoms with E-state index in [1.165, 1.54) is 6.07 Å². The van der Waals surface area contributed by atoms with Gasteiger partial charge in [0, 0.05) is 6.07 Å². The minimum absolute atomic E-state index is 0.106. The fourth-order valence-corrected chi connectivity index (χ4v) is 1.61. The fraction of sp³-hybridized carbons (Fsp3) is 0.417. The molecule has 1 rings (SSSR count). The maximum absolute atomic E-state index is 13.3. The van der Waals surface area contributed by atoms with Gasteiger partial charge in [-0.05, 0) is 24.5 Å². The number of carboxylic acid groups (broad SMARTS) is 1. The predicted molar refractivity (Wildman–Crippen MR) is 56.1 cm³/mol. The number of rotatable bonds is 5. The molecule has 0 radical (unpaired) electrons. The van der Waals surface area contributed by atoms with Crippen molar-refractivity contribution in [1.82, 2.24) is 0 Å². The van der Waals surface area contributed by atoms with Gasteiger partial charge < -0.3 is 5.11 Å². The highest BCUT2D eigenvalue weighted by Gasteiger charge is 2.18. The summed E-state index contributed by atoms with van der Waals surface area (Å²) < 4.78 is 25.9. The summed E-state index contributed by atoms with van der Waals surface area (Å²) in [5, 5.41) is 8.91. The largest absolute Gasteiger partial charge is 0.481 e. The van der Waals surface area contributed by atoms with E-state index in [1.807, 2.05) is 6.92 Å². The second-order valence-corrected chi connectivity index (χ2v) is 3.76. The quantitative estimate of drug-likeness (QED) is 0.841. The van der Waals surface area contributed by atoms with Gasteiger partial charge in [-0.3, -0.25) is 4.79 Å². The molecule has 1 aromatic rings. The van der Waals surface area contributed by atoms with E-state index < -0.39 is 23.5 Å². The lowest BCUT2D eigenvalue weighted by molar-refractivity contribution is -0.141. The first kappa shape index (κ1) is 12.6. The molecule has 0 fully saturated rings. The molecule has 0 bridgehead atoms. The smallest absolute Gasteiger partial charge is 0.306 e. The highest BCUT2D eigenvalue weighted by Crippen LogP contribution is 2.18. The Morgan fingerprint density at radius 1 is 1.44 bits per heavy atom. The zero-order chi connectivity index (χ0) is 12.1. The molecule has 0 aromatic heterocycles. The molecule has 0 saturated carbocycles. The molecule has 0 aliphatic rings. The summed E-state index contributed by atoms with van der Waals surface area (Å²) in [5.41, 5.74) is 0.252. The van der Waals surface area contributed by atoms with Crippen molar-refractivity contribution < 1.29 is 18.7 Å². The van der Waals surface area contributed by atoms with Gasteiger partial charge in [0.2, 0.25) is 0 Å². The molecule has 1 unspecified atom stereocenters. The summed E-state index contributed by atoms with van der Waals surface area (Å²) in [5.74, 6) is -2.87. The summed E-state index contributed by atoms with van der Waals surface area (Å²) in [6.45, 7) is 1.87. The number of hydrogen-bond donors (Lipinski definition) is 1. The first-order valence-corrected chi connectivity index (χ1v) is 5.21. The van der Waals surface area contributed by atoms with E-state index in [4.69, 9.17) is 5.11 Å². The molecular weight excluding hydrogens is 214 g/mol. The Kier molecular flexibility index (Phi) is 4.40. The van der Waals surface area contributed by atoms with Crippen LogP contribution < -0.4 is 0 Å². The number of aliphatic carboxylic acids is 1. The molecule has 2 nitrogen and oxygen atoms in total. The van der Waals surface area contributed by atoms with Crippen LogP contribution in [0.25, 0.3) is 0 Å². The lowest BCUT2D eigenvalue weighted by Crippen LogP contribution is -2.16. The number of carboxylic acids is 1. The van der Waals surface area contributed by atoms with Gasteiger partial charge in [-0.1, -0.05) is 19.4 Å². The molecule has 1 N–H and O–H groups in total. The van der Waals surface area contributed by atoms with Gasteiger partial charge in [0.25, 0.3) is 0 Å². The highest BCUT2D eigenvalue weighted by atomic mass is 19.1. The molecule has 0 saturated heterocycles. The van der Waals surface area contributed by atoms with E-state index in [2.05, 4.69) is 0 Å². The van der Waals surface area contributed by atoms with Crippen LogP contribution in [0.4, 0.5) is 8.78 Å². The van der Waals surface area contributed by atoms with Crippen molar-refractivity contribution in [2.75, 3.05) is 0 Å². The zero-order valence-electron chi connectivity index (χ0n) is 9.04. The van der Waals surface area contributed by atoms with Crippen molar-refractivity contribution in [2.45, 2.75) is 26.2 Å². The molecule has 0 aliphatic carbocycles. The molecule has 0 spiro atoms. The van der Waals surface area contributed by atoms with Crippen LogP contribution in [-0.2, 0) is 11.2 Å². The lowest BCUT2D eigenvalue weighted by Gasteiger charge is -2.11. The Labute approximate surface area is 92.9 Å². The second-order valence-electron chi connectivity index (χ2n) is 3.76. The Balaban J connectivity index is 2.81. The Hall–Kier alpha value is -1.45. The van der Waals surface area contributed by atoms with Crippen molar-refractivity contribution in [1.29, 1.82) is 0 Å². The summed E-state index contributed by atoms with van der Waals surface area (Å²) in [6.07, 6.45) is 1.32. The normalized spacial score (nSPS) is 12.4. The number of carbonyl (C=O) groups is 1. The molecule has 0 heterocycles. The van der Waals surface area contributed by atoms with Crippen LogP contribution in [0.15, 0.2) is 18.2 Å². The summed E-state index contributed by atoms with van der Waals surface area (Å²) >= 11 is 0. The number of benzene rings is 1. The number of hydrogen-bond acceptors (Lipinski definition) is 1. The van der Waals surface area contributed by atoms with Crippen LogP contribution in [-0.4, -0.2) is 11.1 Å². The van der Waals surface area contributed by atoms with E-state index in [-0.39, 0.29) is 12.0 Å². The minimum Gasteiger partial charge on any atom is -0.481 e. The van der Waals surface area contributed by atoms with E-state index in [0.717, 1.165) is 18.6 Å². The van der Waals surface area contributed by atoms with E-state index in [1.54, 1.807) is 0 Å². The topological polar surface area (TPSA) is 37.3 Å². The van der Waals surface area contributed by atoms with Gasteiger partial charge in [-0.25, -0.2) is 8.78 Å². The molecular formula is C12H14F2O2. The van der Waals surface area contributed by atoms with E-state index in [9.17, 15) is 13.6 Å². The van der Waals surface area contributed by atoms with Crippen LogP contribution in [0.1, 0.15) is 25.3 Å². The molecule has 1 aromatic carbocycles. The van der Waals surface area contributed by atoms with Gasteiger partial charge >= 0.3 is 5.97 Å². The first-order valence-electron chi connectivity index (χ1n) is 5.21. The summed E-state index contributed by atoms with van der Waals surface area (Å²) in [4.78, 5) is 10.9. The molecule has 4 heteroatoms. The van der Waals surface area contributed by atoms with Crippen LogP contribution in [0, 0.1) is 17.6 Å². The molecule has 16 heavy (non-hydrogen) atoms. The fourth-order valence-electron chi connectivity index (χ4n) is 1.61. The average molecular weight is 228 g/mol. The molecule has 1 atom stereocenters. The number of halogens is 2. The van der Waals surface area contributed by atoms with E-state index in [0.29, 0.717) is 6.42 Å². The van der Waals surface area contributed by atoms with Gasteiger partial charge in [-0.2, -0.15) is 0 Å². The third kappa shape index (κ3) is 3.29. The third-order valence-corrected chi connectivity index (χ3v) is 2.47. The van der Waals surface area contributed by atoms with E-state index >= 15 is 0 Å². The second kappa shape index (κ2) is 5.58. The standard InChI is InChI=1S/C12H14F2O2/c1-2-3-9(12(15)16)6-8-4-5-10(13)7-11(8)14/h4-5,7,9H,2-3,6H2,1H3,(H,15,16).